The summed E-state index contributed by atoms with van der Waals surface area (Å²) in [6, 6.07) is 12.9. The smallest absolute Gasteiger partial charge is 0.475 e. The van der Waals surface area contributed by atoms with Gasteiger partial charge in [-0.3, -0.25) is 0 Å². The summed E-state index contributed by atoms with van der Waals surface area (Å²) >= 11 is 6.34. The van der Waals surface area contributed by atoms with Crippen molar-refractivity contribution >= 4 is 46.4 Å². The largest absolute Gasteiger partial charge is 0.490 e. The van der Waals surface area contributed by atoms with Crippen LogP contribution in [0.4, 0.5) is 42.0 Å². The van der Waals surface area contributed by atoms with Crippen LogP contribution >= 0.6 is 11.6 Å². The number of morpholine rings is 1. The van der Waals surface area contributed by atoms with E-state index >= 15 is 0 Å². The molecule has 0 spiro atoms. The molecule has 3 aromatic rings. The number of nitrogens with zero attached hydrogens (tertiary/aromatic N) is 3. The molecule has 0 saturated carbocycles. The Labute approximate surface area is 216 Å². The Balaban J connectivity index is 0.000000405. The van der Waals surface area contributed by atoms with E-state index in [-0.39, 0.29) is 0 Å². The molecule has 0 radical (unpaired) electrons. The second-order valence-electron chi connectivity index (χ2n) is 8.54. The van der Waals surface area contributed by atoms with Crippen LogP contribution in [0.15, 0.2) is 42.6 Å². The molecule has 12 heteroatoms. The van der Waals surface area contributed by atoms with Crippen LogP contribution in [0.5, 0.6) is 0 Å². The van der Waals surface area contributed by atoms with Crippen molar-refractivity contribution in [2.24, 2.45) is 0 Å². The van der Waals surface area contributed by atoms with Gasteiger partial charge in [-0.25, -0.2) is 9.78 Å². The molecule has 1 aromatic heterocycles. The summed E-state index contributed by atoms with van der Waals surface area (Å²) < 4.78 is 37.3. The molecule has 1 fully saturated rings. The third-order valence-corrected chi connectivity index (χ3v) is 6.16. The zero-order chi connectivity index (χ0) is 26.6. The van der Waals surface area contributed by atoms with Crippen LogP contribution in [0.3, 0.4) is 0 Å². The molecule has 2 aromatic carbocycles. The molecule has 2 aliphatic rings. The summed E-state index contributed by atoms with van der Waals surface area (Å²) in [6.45, 7) is 5.50. The number of aliphatic carboxylic acids is 1. The highest BCUT2D eigenvalue weighted by Gasteiger charge is 2.38. The molecule has 1 saturated heterocycles. The number of carboxylic acid groups (broad SMARTS) is 1. The molecule has 37 heavy (non-hydrogen) atoms. The average molecular weight is 536 g/mol. The molecule has 6 bridgehead atoms. The molecule has 0 amide bonds. The normalized spacial score (nSPS) is 15.0. The Kier molecular flexibility index (Phi) is 8.03. The summed E-state index contributed by atoms with van der Waals surface area (Å²) in [6.07, 6.45) is -1.56. The molecule has 0 unspecified atom stereocenters. The number of aromatic nitrogens is 2. The Morgan fingerprint density at radius 2 is 1.86 bits per heavy atom. The summed E-state index contributed by atoms with van der Waals surface area (Å²) in [5.74, 6) is -1.65. The fraction of sp³-hybridized carbons (Fsp3) is 0.320. The highest BCUT2D eigenvalue weighted by molar-refractivity contribution is 6.32. The molecule has 3 N–H and O–H groups in total. The van der Waals surface area contributed by atoms with Crippen molar-refractivity contribution in [1.82, 2.24) is 9.97 Å². The van der Waals surface area contributed by atoms with E-state index < -0.39 is 12.1 Å². The summed E-state index contributed by atoms with van der Waals surface area (Å²) in [4.78, 5) is 20.3. The Bertz CT molecular complexity index is 1280. The van der Waals surface area contributed by atoms with Gasteiger partial charge in [0.2, 0.25) is 5.95 Å². The first-order chi connectivity index (χ1) is 17.6. The number of carbonyl (C=O) groups is 1. The number of alkyl halides is 3. The highest BCUT2D eigenvalue weighted by Crippen LogP contribution is 2.33. The van der Waals surface area contributed by atoms with Crippen LogP contribution in [0, 0.1) is 6.92 Å². The first-order valence-electron chi connectivity index (χ1n) is 11.5. The van der Waals surface area contributed by atoms with E-state index in [2.05, 4.69) is 62.8 Å². The highest BCUT2D eigenvalue weighted by atomic mass is 35.5. The maximum absolute atomic E-state index is 10.6. The lowest BCUT2D eigenvalue weighted by Crippen LogP contribution is -2.36. The quantitative estimate of drug-likeness (QED) is 0.376. The summed E-state index contributed by atoms with van der Waals surface area (Å²) in [5.41, 5.74) is 7.02. The maximum atomic E-state index is 10.6. The van der Waals surface area contributed by atoms with E-state index in [1.165, 1.54) is 16.8 Å². The number of anilines is 5. The van der Waals surface area contributed by atoms with Crippen molar-refractivity contribution in [3.63, 3.8) is 0 Å². The van der Waals surface area contributed by atoms with Crippen molar-refractivity contribution in [1.29, 1.82) is 0 Å². The minimum Gasteiger partial charge on any atom is -0.475 e. The van der Waals surface area contributed by atoms with Gasteiger partial charge in [0.15, 0.2) is 5.82 Å². The molecule has 3 heterocycles. The number of fused-ring (bicyclic) bond motifs is 6. The number of halogens is 4. The molecule has 0 aliphatic carbocycles. The van der Waals surface area contributed by atoms with Crippen LogP contribution < -0.4 is 15.5 Å². The summed E-state index contributed by atoms with van der Waals surface area (Å²) in [5, 5.41) is 14.3. The lowest BCUT2D eigenvalue weighted by molar-refractivity contribution is -0.192. The molecule has 196 valence electrons. The number of ether oxygens (including phenoxy) is 1. The van der Waals surface area contributed by atoms with E-state index in [0.717, 1.165) is 56.1 Å². The lowest BCUT2D eigenvalue weighted by atomic mass is 9.99. The number of nitrogens with one attached hydrogen (secondary N) is 2. The van der Waals surface area contributed by atoms with Gasteiger partial charge in [0, 0.05) is 30.2 Å². The Morgan fingerprint density at radius 1 is 1.14 bits per heavy atom. The van der Waals surface area contributed by atoms with E-state index in [1.54, 1.807) is 6.20 Å². The number of hydrogen-bond acceptors (Lipinski definition) is 7. The van der Waals surface area contributed by atoms with E-state index in [1.807, 2.05) is 6.07 Å². The van der Waals surface area contributed by atoms with Crippen LogP contribution in [0.25, 0.3) is 0 Å². The van der Waals surface area contributed by atoms with Crippen molar-refractivity contribution in [3.05, 3.63) is 64.3 Å². The molecular weight excluding hydrogens is 511 g/mol. The predicted octanol–water partition coefficient (Wildman–Crippen LogP) is 5.49. The van der Waals surface area contributed by atoms with Gasteiger partial charge in [0.1, 0.15) is 5.02 Å². The monoisotopic (exact) mass is 535 g/mol. The fourth-order valence-electron chi connectivity index (χ4n) is 4.03. The van der Waals surface area contributed by atoms with Crippen LogP contribution in [0.1, 0.15) is 16.7 Å². The van der Waals surface area contributed by atoms with E-state index in [0.29, 0.717) is 16.8 Å². The van der Waals surface area contributed by atoms with Gasteiger partial charge in [-0.15, -0.1) is 0 Å². The third kappa shape index (κ3) is 6.80. The van der Waals surface area contributed by atoms with Gasteiger partial charge in [-0.2, -0.15) is 18.2 Å². The van der Waals surface area contributed by atoms with Crippen LogP contribution in [-0.2, 0) is 22.4 Å². The van der Waals surface area contributed by atoms with Gasteiger partial charge >= 0.3 is 12.1 Å². The molecule has 0 atom stereocenters. The number of hydrogen-bond donors (Lipinski definition) is 3. The van der Waals surface area contributed by atoms with Crippen molar-refractivity contribution in [2.75, 3.05) is 41.8 Å². The van der Waals surface area contributed by atoms with E-state index in [9.17, 15) is 13.2 Å². The number of rotatable bonds is 1. The maximum Gasteiger partial charge on any atom is 0.490 e. The van der Waals surface area contributed by atoms with Gasteiger partial charge in [-0.05, 0) is 60.7 Å². The minimum absolute atomic E-state index is 0.487. The van der Waals surface area contributed by atoms with Gasteiger partial charge in [0.05, 0.1) is 19.4 Å². The standard InChI is InChI=1S/C23H24ClN5O.C2HF3O2/c1-15-11-21(29-7-9-30-10-8-29)17-6-5-16-3-2-4-18(12-16)26-22-19(24)14-25-23(28-22)27-20(15)13-17;3-2(4,5)1(6)7/h2-4,11-14H,5-10H2,1H3,(H2,25,26,27,28);(H,6,7). The summed E-state index contributed by atoms with van der Waals surface area (Å²) in [7, 11) is 0. The molecule has 8 nitrogen and oxygen atoms in total. The SMILES string of the molecule is Cc1cc(N2CCOCC2)c2cc1Nc1ncc(Cl)c(n1)Nc1cccc(c1)CC2.O=C(O)C(F)(F)F. The number of benzene rings is 2. The second kappa shape index (κ2) is 11.2. The third-order valence-electron chi connectivity index (χ3n) is 5.88. The number of aryl methyl sites for hydroxylation is 3. The lowest BCUT2D eigenvalue weighted by Gasteiger charge is -2.31. The zero-order valence-electron chi connectivity index (χ0n) is 19.9. The van der Waals surface area contributed by atoms with Gasteiger partial charge in [-0.1, -0.05) is 23.7 Å². The molecule has 2 aliphatic heterocycles. The topological polar surface area (TPSA) is 99.6 Å². The first kappa shape index (κ1) is 26.5. The molecule has 5 rings (SSSR count). The molecular formula is C25H25ClF3N5O3. The van der Waals surface area contributed by atoms with Gasteiger partial charge < -0.3 is 25.4 Å². The van der Waals surface area contributed by atoms with Crippen molar-refractivity contribution in [2.45, 2.75) is 25.9 Å². The second-order valence-corrected chi connectivity index (χ2v) is 8.95. The van der Waals surface area contributed by atoms with Crippen molar-refractivity contribution < 1.29 is 27.8 Å². The predicted molar refractivity (Wildman–Crippen MR) is 135 cm³/mol. The van der Waals surface area contributed by atoms with E-state index in [4.69, 9.17) is 26.2 Å². The van der Waals surface area contributed by atoms with Crippen molar-refractivity contribution in [3.8, 4) is 0 Å². The fourth-order valence-corrected chi connectivity index (χ4v) is 4.17. The minimum atomic E-state index is -5.08. The van der Waals surface area contributed by atoms with Gasteiger partial charge in [0.25, 0.3) is 0 Å². The average Bonchev–Trinajstić information content (AvgIpc) is 2.87. The Morgan fingerprint density at radius 3 is 2.57 bits per heavy atom. The number of carboxylic acids is 1. The Hall–Kier alpha value is -3.57. The first-order valence-corrected chi connectivity index (χ1v) is 11.9. The van der Waals surface area contributed by atoms with Crippen LogP contribution in [0.2, 0.25) is 5.02 Å². The zero-order valence-corrected chi connectivity index (χ0v) is 20.7. The van der Waals surface area contributed by atoms with Crippen LogP contribution in [-0.4, -0.2) is 53.5 Å².